The Kier molecular flexibility index (Phi) is 4.75. The van der Waals surface area contributed by atoms with E-state index < -0.39 is 5.54 Å². The summed E-state index contributed by atoms with van der Waals surface area (Å²) in [5, 5.41) is 11.0. The fourth-order valence-corrected chi connectivity index (χ4v) is 2.76. The molecule has 0 aliphatic heterocycles. The molecule has 0 aromatic carbocycles. The van der Waals surface area contributed by atoms with Gasteiger partial charge in [0, 0.05) is 19.0 Å². The molecule has 1 saturated carbocycles. The van der Waals surface area contributed by atoms with Crippen molar-refractivity contribution in [2.45, 2.75) is 64.0 Å². The van der Waals surface area contributed by atoms with Crippen LogP contribution in [-0.4, -0.2) is 32.8 Å². The molecule has 1 aliphatic carbocycles. The summed E-state index contributed by atoms with van der Waals surface area (Å²) in [6, 6.07) is 0. The van der Waals surface area contributed by atoms with Crippen LogP contribution in [0, 0.1) is 0 Å². The Bertz CT molecular complexity index is 448. The third-order valence-electron chi connectivity index (χ3n) is 4.00. The van der Waals surface area contributed by atoms with Crippen molar-refractivity contribution in [1.29, 1.82) is 0 Å². The number of nitrogens with zero attached hydrogens (tertiary/aromatic N) is 3. The zero-order valence-electron chi connectivity index (χ0n) is 12.4. The third kappa shape index (κ3) is 3.36. The maximum atomic E-state index is 12.2. The Balaban J connectivity index is 1.83. The number of aromatic nitrogens is 3. The summed E-state index contributed by atoms with van der Waals surface area (Å²) in [5.41, 5.74) is 5.54. The predicted molar refractivity (Wildman–Crippen MR) is 77.1 cm³/mol. The lowest BCUT2D eigenvalue weighted by Gasteiger charge is -2.31. The number of amides is 1. The van der Waals surface area contributed by atoms with Crippen molar-refractivity contribution in [3.8, 4) is 0 Å². The first-order valence-corrected chi connectivity index (χ1v) is 7.48. The molecule has 1 amide bonds. The van der Waals surface area contributed by atoms with Crippen LogP contribution in [0.2, 0.25) is 0 Å². The number of hydrogen-bond donors (Lipinski definition) is 2. The molecule has 1 heterocycles. The van der Waals surface area contributed by atoms with Crippen LogP contribution < -0.4 is 11.1 Å². The summed E-state index contributed by atoms with van der Waals surface area (Å²) >= 11 is 0. The summed E-state index contributed by atoms with van der Waals surface area (Å²) in [4.78, 5) is 12.2. The van der Waals surface area contributed by atoms with Gasteiger partial charge in [0.25, 0.3) is 0 Å². The fourth-order valence-electron chi connectivity index (χ4n) is 2.76. The van der Waals surface area contributed by atoms with E-state index in [9.17, 15) is 4.79 Å². The van der Waals surface area contributed by atoms with Gasteiger partial charge in [-0.15, -0.1) is 10.2 Å². The van der Waals surface area contributed by atoms with Gasteiger partial charge < -0.3 is 15.6 Å². The number of nitrogens with two attached hydrogens (primary N) is 1. The van der Waals surface area contributed by atoms with Gasteiger partial charge in [-0.1, -0.05) is 33.1 Å². The molecule has 0 bridgehead atoms. The molecular formula is C14H25N5O. The maximum absolute atomic E-state index is 12.2. The van der Waals surface area contributed by atoms with Crippen molar-refractivity contribution in [1.82, 2.24) is 20.1 Å². The van der Waals surface area contributed by atoms with Gasteiger partial charge in [0.2, 0.25) is 5.91 Å². The average Bonchev–Trinajstić information content (AvgIpc) is 2.88. The summed E-state index contributed by atoms with van der Waals surface area (Å²) < 4.78 is 1.98. The second-order valence-corrected chi connectivity index (χ2v) is 6.01. The zero-order chi connectivity index (χ0) is 14.6. The van der Waals surface area contributed by atoms with Crippen molar-refractivity contribution in [3.05, 3.63) is 12.2 Å². The van der Waals surface area contributed by atoms with Crippen molar-refractivity contribution >= 4 is 5.91 Å². The molecular weight excluding hydrogens is 254 g/mol. The average molecular weight is 279 g/mol. The van der Waals surface area contributed by atoms with Crippen molar-refractivity contribution in [2.75, 3.05) is 6.54 Å². The highest BCUT2D eigenvalue weighted by Crippen LogP contribution is 2.25. The number of rotatable bonds is 5. The first-order chi connectivity index (χ1) is 9.53. The smallest absolute Gasteiger partial charge is 0.240 e. The van der Waals surface area contributed by atoms with E-state index in [0.717, 1.165) is 31.5 Å². The molecule has 1 fully saturated rings. The van der Waals surface area contributed by atoms with E-state index in [1.807, 2.05) is 4.57 Å². The van der Waals surface area contributed by atoms with Crippen LogP contribution in [0.3, 0.4) is 0 Å². The molecule has 6 nitrogen and oxygen atoms in total. The molecule has 112 valence electrons. The number of carbonyl (C=O) groups excluding carboxylic acids is 1. The lowest BCUT2D eigenvalue weighted by molar-refractivity contribution is -0.127. The highest BCUT2D eigenvalue weighted by molar-refractivity contribution is 5.86. The number of hydrogen-bond acceptors (Lipinski definition) is 4. The van der Waals surface area contributed by atoms with Crippen LogP contribution in [0.5, 0.6) is 0 Å². The molecule has 1 aromatic heterocycles. The van der Waals surface area contributed by atoms with E-state index in [4.69, 9.17) is 5.73 Å². The maximum Gasteiger partial charge on any atom is 0.240 e. The van der Waals surface area contributed by atoms with Gasteiger partial charge in [-0.05, 0) is 12.8 Å². The molecule has 1 aliphatic rings. The van der Waals surface area contributed by atoms with Crippen molar-refractivity contribution < 1.29 is 4.79 Å². The Labute approximate surface area is 120 Å². The molecule has 0 spiro atoms. The first kappa shape index (κ1) is 15.0. The quantitative estimate of drug-likeness (QED) is 0.847. The molecule has 0 atom stereocenters. The van der Waals surface area contributed by atoms with Crippen LogP contribution >= 0.6 is 0 Å². The standard InChI is InChI=1S/C14H25N5O/c1-11(2)12-18-17-10-19(12)9-8-16-13(20)14(15)6-4-3-5-7-14/h10-11H,3-9,15H2,1-2H3,(H,16,20). The minimum atomic E-state index is -0.660. The number of carbonyl (C=O) groups is 1. The van der Waals surface area contributed by atoms with Crippen LogP contribution in [0.1, 0.15) is 57.7 Å². The van der Waals surface area contributed by atoms with E-state index >= 15 is 0 Å². The molecule has 6 heteroatoms. The molecule has 0 unspecified atom stereocenters. The van der Waals surface area contributed by atoms with E-state index in [1.165, 1.54) is 6.42 Å². The van der Waals surface area contributed by atoms with Gasteiger partial charge in [-0.25, -0.2) is 0 Å². The van der Waals surface area contributed by atoms with E-state index in [0.29, 0.717) is 19.0 Å². The second kappa shape index (κ2) is 6.35. The topological polar surface area (TPSA) is 85.8 Å². The molecule has 2 rings (SSSR count). The molecule has 20 heavy (non-hydrogen) atoms. The normalized spacial score (nSPS) is 18.2. The lowest BCUT2D eigenvalue weighted by Crippen LogP contribution is -2.55. The fraction of sp³-hybridized carbons (Fsp3) is 0.786. The highest BCUT2D eigenvalue weighted by Gasteiger charge is 2.34. The van der Waals surface area contributed by atoms with Gasteiger partial charge in [-0.3, -0.25) is 4.79 Å². The third-order valence-corrected chi connectivity index (χ3v) is 4.00. The Morgan fingerprint density at radius 1 is 1.45 bits per heavy atom. The van der Waals surface area contributed by atoms with Crippen molar-refractivity contribution in [2.24, 2.45) is 5.73 Å². The Hall–Kier alpha value is -1.43. The second-order valence-electron chi connectivity index (χ2n) is 6.01. The largest absolute Gasteiger partial charge is 0.353 e. The molecule has 0 saturated heterocycles. The molecule has 0 radical (unpaired) electrons. The highest BCUT2D eigenvalue weighted by atomic mass is 16.2. The zero-order valence-corrected chi connectivity index (χ0v) is 12.4. The van der Waals surface area contributed by atoms with E-state index in [2.05, 4.69) is 29.4 Å². The van der Waals surface area contributed by atoms with Gasteiger partial charge >= 0.3 is 0 Å². The van der Waals surface area contributed by atoms with Crippen LogP contribution in [0.4, 0.5) is 0 Å². The van der Waals surface area contributed by atoms with E-state index in [-0.39, 0.29) is 5.91 Å². The van der Waals surface area contributed by atoms with Gasteiger partial charge in [0.1, 0.15) is 12.2 Å². The minimum absolute atomic E-state index is 0.0172. The van der Waals surface area contributed by atoms with Gasteiger partial charge in [0.05, 0.1) is 5.54 Å². The van der Waals surface area contributed by atoms with Crippen LogP contribution in [-0.2, 0) is 11.3 Å². The number of nitrogens with one attached hydrogen (secondary N) is 1. The Morgan fingerprint density at radius 3 is 2.80 bits per heavy atom. The van der Waals surface area contributed by atoms with Crippen molar-refractivity contribution in [3.63, 3.8) is 0 Å². The molecule has 3 N–H and O–H groups in total. The molecule has 1 aromatic rings. The van der Waals surface area contributed by atoms with Gasteiger partial charge in [0.15, 0.2) is 0 Å². The monoisotopic (exact) mass is 279 g/mol. The lowest BCUT2D eigenvalue weighted by atomic mass is 9.82. The van der Waals surface area contributed by atoms with E-state index in [1.54, 1.807) is 6.33 Å². The van der Waals surface area contributed by atoms with Crippen LogP contribution in [0.15, 0.2) is 6.33 Å². The summed E-state index contributed by atoms with van der Waals surface area (Å²) in [6.45, 7) is 5.41. The Morgan fingerprint density at radius 2 is 2.15 bits per heavy atom. The summed E-state index contributed by atoms with van der Waals surface area (Å²) in [6.07, 6.45) is 6.58. The first-order valence-electron chi connectivity index (χ1n) is 7.48. The van der Waals surface area contributed by atoms with Crippen LogP contribution in [0.25, 0.3) is 0 Å². The summed E-state index contributed by atoms with van der Waals surface area (Å²) in [7, 11) is 0. The predicted octanol–water partition coefficient (Wildman–Crippen LogP) is 1.18. The summed E-state index contributed by atoms with van der Waals surface area (Å²) in [5.74, 6) is 1.25. The van der Waals surface area contributed by atoms with Gasteiger partial charge in [-0.2, -0.15) is 0 Å². The minimum Gasteiger partial charge on any atom is -0.353 e. The SMILES string of the molecule is CC(C)c1nncn1CCNC(=O)C1(N)CCCCC1.